The molecule has 0 aliphatic carbocycles. The molecule has 1 aliphatic rings. The topological polar surface area (TPSA) is 73.4 Å². The number of hydrogen-bond donors (Lipinski definition) is 1. The number of aromatic nitrogens is 2. The summed E-state index contributed by atoms with van der Waals surface area (Å²) in [6, 6.07) is 11.6. The Kier molecular flexibility index (Phi) is 4.02. The summed E-state index contributed by atoms with van der Waals surface area (Å²) in [6.07, 6.45) is 8.91. The van der Waals surface area contributed by atoms with Gasteiger partial charge < -0.3 is 10.2 Å². The van der Waals surface area contributed by atoms with Gasteiger partial charge in [-0.1, -0.05) is 12.0 Å². The molecule has 0 saturated carbocycles. The molecule has 3 heterocycles. The van der Waals surface area contributed by atoms with E-state index in [0.717, 1.165) is 28.0 Å². The standard InChI is InChI=1S/C21H17N5O/c1-3-15-5-4-6-17(9-15)24-19-7-8-23-26-13-18(14(2)20(19)26)21(27)25-11-16(10-22)12-25/h1,4-9,13,16,24H,11-12H2,2H3. The number of benzene rings is 1. The van der Waals surface area contributed by atoms with E-state index in [1.54, 1.807) is 21.8 Å². The number of anilines is 2. The van der Waals surface area contributed by atoms with Gasteiger partial charge in [0.05, 0.1) is 28.8 Å². The third kappa shape index (κ3) is 2.88. The van der Waals surface area contributed by atoms with Crippen molar-refractivity contribution in [3.05, 3.63) is 59.4 Å². The molecule has 1 aromatic carbocycles. The number of terminal acetylenes is 1. The van der Waals surface area contributed by atoms with Crippen molar-refractivity contribution < 1.29 is 4.79 Å². The van der Waals surface area contributed by atoms with Crippen LogP contribution in [0.5, 0.6) is 0 Å². The lowest BCUT2D eigenvalue weighted by Crippen LogP contribution is -2.49. The maximum atomic E-state index is 12.8. The number of fused-ring (bicyclic) bond motifs is 1. The summed E-state index contributed by atoms with van der Waals surface area (Å²) in [5.74, 6) is 2.49. The van der Waals surface area contributed by atoms with Gasteiger partial charge in [-0.15, -0.1) is 6.42 Å². The van der Waals surface area contributed by atoms with Crippen LogP contribution in [0.2, 0.25) is 0 Å². The van der Waals surface area contributed by atoms with Crippen molar-refractivity contribution in [3.8, 4) is 18.4 Å². The van der Waals surface area contributed by atoms with Gasteiger partial charge in [0.15, 0.2) is 0 Å². The molecule has 0 bridgehead atoms. The van der Waals surface area contributed by atoms with Crippen molar-refractivity contribution in [2.75, 3.05) is 18.4 Å². The number of carbonyl (C=O) groups is 1. The third-order valence-corrected chi connectivity index (χ3v) is 4.82. The predicted octanol–water partition coefficient (Wildman–Crippen LogP) is 2.96. The Morgan fingerprint density at radius 3 is 2.93 bits per heavy atom. The summed E-state index contributed by atoms with van der Waals surface area (Å²) in [4.78, 5) is 14.5. The summed E-state index contributed by atoms with van der Waals surface area (Å²) < 4.78 is 1.71. The summed E-state index contributed by atoms with van der Waals surface area (Å²) in [5, 5.41) is 16.6. The fourth-order valence-electron chi connectivity index (χ4n) is 3.31. The molecule has 3 aromatic rings. The van der Waals surface area contributed by atoms with E-state index in [1.165, 1.54) is 0 Å². The number of amides is 1. The van der Waals surface area contributed by atoms with Gasteiger partial charge in [0.1, 0.15) is 0 Å². The first-order valence-corrected chi connectivity index (χ1v) is 8.60. The molecule has 0 unspecified atom stereocenters. The van der Waals surface area contributed by atoms with E-state index in [4.69, 9.17) is 11.7 Å². The van der Waals surface area contributed by atoms with Crippen LogP contribution < -0.4 is 5.32 Å². The summed E-state index contributed by atoms with van der Waals surface area (Å²) in [5.41, 5.74) is 4.79. The summed E-state index contributed by atoms with van der Waals surface area (Å²) >= 11 is 0. The van der Waals surface area contributed by atoms with Gasteiger partial charge in [0.2, 0.25) is 0 Å². The molecule has 1 saturated heterocycles. The number of carbonyl (C=O) groups excluding carboxylic acids is 1. The third-order valence-electron chi connectivity index (χ3n) is 4.82. The lowest BCUT2D eigenvalue weighted by molar-refractivity contribution is 0.0576. The van der Waals surface area contributed by atoms with Gasteiger partial charge in [0, 0.05) is 36.7 Å². The van der Waals surface area contributed by atoms with Crippen LogP contribution in [0.25, 0.3) is 5.52 Å². The summed E-state index contributed by atoms with van der Waals surface area (Å²) in [7, 11) is 0. The highest BCUT2D eigenvalue weighted by atomic mass is 16.2. The number of nitrogens with zero attached hydrogens (tertiary/aromatic N) is 4. The van der Waals surface area contributed by atoms with Gasteiger partial charge in [0.25, 0.3) is 5.91 Å². The van der Waals surface area contributed by atoms with Crippen molar-refractivity contribution >= 4 is 22.8 Å². The minimum absolute atomic E-state index is 0.0647. The lowest BCUT2D eigenvalue weighted by atomic mass is 10.0. The highest BCUT2D eigenvalue weighted by molar-refractivity contribution is 6.00. The number of nitriles is 1. The molecular weight excluding hydrogens is 338 g/mol. The minimum Gasteiger partial charge on any atom is -0.354 e. The van der Waals surface area contributed by atoms with Gasteiger partial charge in [-0.3, -0.25) is 4.79 Å². The smallest absolute Gasteiger partial charge is 0.255 e. The molecule has 1 amide bonds. The average Bonchev–Trinajstić information content (AvgIpc) is 2.99. The van der Waals surface area contributed by atoms with Crippen molar-refractivity contribution in [2.45, 2.75) is 6.92 Å². The van der Waals surface area contributed by atoms with Gasteiger partial charge in [-0.2, -0.15) is 10.4 Å². The molecular formula is C21H17N5O. The zero-order valence-electron chi connectivity index (χ0n) is 14.8. The molecule has 0 radical (unpaired) electrons. The molecule has 4 rings (SSSR count). The number of nitrogens with one attached hydrogen (secondary N) is 1. The van der Waals surface area contributed by atoms with E-state index in [2.05, 4.69) is 22.4 Å². The van der Waals surface area contributed by atoms with E-state index in [9.17, 15) is 4.79 Å². The predicted molar refractivity (Wildman–Crippen MR) is 103 cm³/mol. The van der Waals surface area contributed by atoms with Crippen LogP contribution in [0, 0.1) is 36.5 Å². The monoisotopic (exact) mass is 355 g/mol. The molecule has 0 atom stereocenters. The molecule has 27 heavy (non-hydrogen) atoms. The van der Waals surface area contributed by atoms with Gasteiger partial charge >= 0.3 is 0 Å². The fraction of sp³-hybridized carbons (Fsp3) is 0.190. The zero-order chi connectivity index (χ0) is 19.0. The van der Waals surface area contributed by atoms with E-state index < -0.39 is 0 Å². The Labute approximate surface area is 157 Å². The SMILES string of the molecule is C#Cc1cccc(Nc2ccnn3cc(C(=O)N4CC(C#N)C4)c(C)c23)c1. The Morgan fingerprint density at radius 2 is 2.19 bits per heavy atom. The number of likely N-dealkylation sites (tertiary alicyclic amines) is 1. The molecule has 6 nitrogen and oxygen atoms in total. The lowest BCUT2D eigenvalue weighted by Gasteiger charge is -2.35. The Hall–Kier alpha value is -3.77. The molecule has 0 spiro atoms. The maximum absolute atomic E-state index is 12.8. The quantitative estimate of drug-likeness (QED) is 0.733. The highest BCUT2D eigenvalue weighted by Crippen LogP contribution is 2.29. The van der Waals surface area contributed by atoms with E-state index in [0.29, 0.717) is 18.7 Å². The van der Waals surface area contributed by atoms with Crippen LogP contribution in [0.1, 0.15) is 21.5 Å². The van der Waals surface area contributed by atoms with Crippen molar-refractivity contribution in [1.82, 2.24) is 14.5 Å². The number of rotatable bonds is 3. The average molecular weight is 355 g/mol. The summed E-state index contributed by atoms with van der Waals surface area (Å²) in [6.45, 7) is 2.88. The van der Waals surface area contributed by atoms with Crippen LogP contribution in [-0.4, -0.2) is 33.5 Å². The van der Waals surface area contributed by atoms with Crippen molar-refractivity contribution in [1.29, 1.82) is 5.26 Å². The first kappa shape index (κ1) is 16.7. The fourth-order valence-corrected chi connectivity index (χ4v) is 3.31. The molecule has 6 heteroatoms. The maximum Gasteiger partial charge on any atom is 0.255 e. The second kappa shape index (κ2) is 6.51. The van der Waals surface area contributed by atoms with E-state index in [-0.39, 0.29) is 11.8 Å². The second-order valence-corrected chi connectivity index (χ2v) is 6.59. The minimum atomic E-state index is -0.0650. The van der Waals surface area contributed by atoms with E-state index >= 15 is 0 Å². The van der Waals surface area contributed by atoms with Crippen molar-refractivity contribution in [3.63, 3.8) is 0 Å². The molecule has 132 valence electrons. The van der Waals surface area contributed by atoms with Crippen LogP contribution in [-0.2, 0) is 0 Å². The van der Waals surface area contributed by atoms with Gasteiger partial charge in [-0.05, 0) is 36.8 Å². The second-order valence-electron chi connectivity index (χ2n) is 6.59. The Balaban J connectivity index is 1.69. The molecule has 2 aromatic heterocycles. The van der Waals surface area contributed by atoms with Crippen LogP contribution in [0.4, 0.5) is 11.4 Å². The van der Waals surface area contributed by atoms with Crippen LogP contribution in [0.15, 0.2) is 42.7 Å². The number of hydrogen-bond acceptors (Lipinski definition) is 4. The first-order chi connectivity index (χ1) is 13.1. The Morgan fingerprint density at radius 1 is 1.37 bits per heavy atom. The molecule has 1 N–H and O–H groups in total. The van der Waals surface area contributed by atoms with Gasteiger partial charge in [-0.25, -0.2) is 4.52 Å². The van der Waals surface area contributed by atoms with Crippen LogP contribution in [0.3, 0.4) is 0 Å². The normalized spacial score (nSPS) is 13.7. The zero-order valence-corrected chi connectivity index (χ0v) is 14.8. The first-order valence-electron chi connectivity index (χ1n) is 8.60. The Bertz CT molecular complexity index is 1130. The molecule has 1 fully saturated rings. The van der Waals surface area contributed by atoms with E-state index in [1.807, 2.05) is 37.3 Å². The largest absolute Gasteiger partial charge is 0.354 e. The molecule has 1 aliphatic heterocycles. The van der Waals surface area contributed by atoms with Crippen molar-refractivity contribution in [2.24, 2.45) is 5.92 Å². The number of aryl methyl sites for hydroxylation is 1. The highest BCUT2D eigenvalue weighted by Gasteiger charge is 2.32. The van der Waals surface area contributed by atoms with Crippen LogP contribution >= 0.6 is 0 Å².